The number of nitrogens with zero attached hydrogens (tertiary/aromatic N) is 2. The Labute approximate surface area is 94.9 Å². The Bertz CT molecular complexity index is 516. The van der Waals surface area contributed by atoms with Gasteiger partial charge in [0.05, 0.1) is 18.0 Å². The van der Waals surface area contributed by atoms with Gasteiger partial charge in [0.25, 0.3) is 0 Å². The predicted octanol–water partition coefficient (Wildman–Crippen LogP) is 1.98. The lowest BCUT2D eigenvalue weighted by atomic mass is 10.0. The van der Waals surface area contributed by atoms with E-state index in [-0.39, 0.29) is 12.4 Å². The molecule has 2 aromatic rings. The first-order valence-electron chi connectivity index (χ1n) is 4.92. The number of aromatic nitrogens is 2. The molecule has 0 amide bonds. The second kappa shape index (κ2) is 3.51. The Morgan fingerprint density at radius 3 is 2.80 bits per heavy atom. The smallest absolute Gasteiger partial charge is 0.0994 e. The van der Waals surface area contributed by atoms with Crippen LogP contribution in [0.5, 0.6) is 0 Å². The fraction of sp³-hybridized carbons (Fsp3) is 0.364. The van der Waals surface area contributed by atoms with E-state index in [0.29, 0.717) is 0 Å². The summed E-state index contributed by atoms with van der Waals surface area (Å²) in [6, 6.07) is 0. The van der Waals surface area contributed by atoms with E-state index in [1.165, 1.54) is 27.9 Å². The summed E-state index contributed by atoms with van der Waals surface area (Å²) in [5.41, 5.74) is 6.85. The lowest BCUT2D eigenvalue weighted by Gasteiger charge is -2.10. The quantitative estimate of drug-likeness (QED) is 0.740. The Kier molecular flexibility index (Phi) is 2.44. The zero-order valence-electron chi connectivity index (χ0n) is 8.87. The number of aryl methyl sites for hydroxylation is 1. The number of nitrogens with one attached hydrogen (secondary N) is 1. The third kappa shape index (κ3) is 1.27. The largest absolute Gasteiger partial charge is 0.309 e. The third-order valence-electron chi connectivity index (χ3n) is 3.27. The first-order chi connectivity index (χ1) is 6.79. The summed E-state index contributed by atoms with van der Waals surface area (Å²) in [6.07, 6.45) is 3.86. The molecule has 80 valence electrons. The second-order valence-electron chi connectivity index (χ2n) is 3.92. The average molecular weight is 224 g/mol. The Balaban J connectivity index is 0.000000853. The second-order valence-corrected chi connectivity index (χ2v) is 3.92. The Morgan fingerprint density at radius 2 is 2.00 bits per heavy atom. The fourth-order valence-electron chi connectivity index (χ4n) is 2.31. The lowest BCUT2D eigenvalue weighted by Crippen LogP contribution is -2.01. The van der Waals surface area contributed by atoms with Gasteiger partial charge in [-0.25, -0.2) is 4.98 Å². The molecule has 0 aromatic carbocycles. The van der Waals surface area contributed by atoms with E-state index < -0.39 is 0 Å². The summed E-state index contributed by atoms with van der Waals surface area (Å²) in [7, 11) is 0. The summed E-state index contributed by atoms with van der Waals surface area (Å²) in [6.45, 7) is 6.33. The first kappa shape index (κ1) is 10.5. The molecule has 0 aliphatic carbocycles. The van der Waals surface area contributed by atoms with Crippen LogP contribution in [0.25, 0.3) is 5.52 Å². The molecule has 3 nitrogen and oxygen atoms in total. The number of hydrogen-bond acceptors (Lipinski definition) is 2. The van der Waals surface area contributed by atoms with Crippen LogP contribution in [-0.4, -0.2) is 9.38 Å². The fourth-order valence-corrected chi connectivity index (χ4v) is 2.31. The van der Waals surface area contributed by atoms with Crippen LogP contribution in [0.15, 0.2) is 12.5 Å². The third-order valence-corrected chi connectivity index (χ3v) is 3.27. The zero-order chi connectivity index (χ0) is 9.71. The molecule has 0 saturated carbocycles. The Morgan fingerprint density at radius 1 is 1.27 bits per heavy atom. The van der Waals surface area contributed by atoms with Crippen LogP contribution in [0.2, 0.25) is 0 Å². The van der Waals surface area contributed by atoms with Gasteiger partial charge in [0.15, 0.2) is 0 Å². The number of hydrogen-bond donors (Lipinski definition) is 1. The SMILES string of the molecule is Cc1c2c(c3cncn3c1C)CNC2.Cl. The topological polar surface area (TPSA) is 29.3 Å². The van der Waals surface area contributed by atoms with Gasteiger partial charge in [-0.3, -0.25) is 0 Å². The lowest BCUT2D eigenvalue weighted by molar-refractivity contribution is 0.764. The standard InChI is InChI=1S/C11H13N3.ClH/c1-7-8(2)14-6-13-5-11(14)10-4-12-3-9(7)10;/h5-6,12H,3-4H2,1-2H3;1H. The van der Waals surface area contributed by atoms with Crippen LogP contribution in [0.4, 0.5) is 0 Å². The maximum Gasteiger partial charge on any atom is 0.0994 e. The molecule has 15 heavy (non-hydrogen) atoms. The molecule has 0 fully saturated rings. The van der Waals surface area contributed by atoms with E-state index in [2.05, 4.69) is 28.5 Å². The molecule has 3 heterocycles. The van der Waals surface area contributed by atoms with Gasteiger partial charge in [-0.1, -0.05) is 0 Å². The van der Waals surface area contributed by atoms with Crippen molar-refractivity contribution in [2.24, 2.45) is 0 Å². The van der Waals surface area contributed by atoms with Crippen molar-refractivity contribution in [2.45, 2.75) is 26.9 Å². The van der Waals surface area contributed by atoms with Gasteiger partial charge < -0.3 is 9.72 Å². The minimum absolute atomic E-state index is 0. The highest BCUT2D eigenvalue weighted by molar-refractivity contribution is 5.85. The molecule has 0 saturated heterocycles. The van der Waals surface area contributed by atoms with Crippen molar-refractivity contribution in [1.29, 1.82) is 0 Å². The van der Waals surface area contributed by atoms with Gasteiger partial charge in [0.1, 0.15) is 0 Å². The molecule has 0 unspecified atom stereocenters. The van der Waals surface area contributed by atoms with Crippen molar-refractivity contribution in [2.75, 3.05) is 0 Å². The van der Waals surface area contributed by atoms with Crippen molar-refractivity contribution in [3.05, 3.63) is 34.9 Å². The van der Waals surface area contributed by atoms with Gasteiger partial charge in [-0.15, -0.1) is 12.4 Å². The van der Waals surface area contributed by atoms with E-state index >= 15 is 0 Å². The maximum absolute atomic E-state index is 4.22. The van der Waals surface area contributed by atoms with Crippen LogP contribution in [0, 0.1) is 13.8 Å². The van der Waals surface area contributed by atoms with Gasteiger partial charge in [0.2, 0.25) is 0 Å². The zero-order valence-corrected chi connectivity index (χ0v) is 9.69. The number of pyridine rings is 1. The van der Waals surface area contributed by atoms with Crippen LogP contribution in [-0.2, 0) is 13.1 Å². The summed E-state index contributed by atoms with van der Waals surface area (Å²) in [5.74, 6) is 0. The summed E-state index contributed by atoms with van der Waals surface area (Å²) < 4.78 is 2.18. The van der Waals surface area contributed by atoms with E-state index in [1.54, 1.807) is 0 Å². The van der Waals surface area contributed by atoms with Crippen molar-refractivity contribution >= 4 is 17.9 Å². The molecule has 0 spiro atoms. The van der Waals surface area contributed by atoms with Gasteiger partial charge in [-0.05, 0) is 30.5 Å². The summed E-state index contributed by atoms with van der Waals surface area (Å²) in [5, 5.41) is 3.40. The minimum atomic E-state index is 0. The molecule has 0 radical (unpaired) electrons. The van der Waals surface area contributed by atoms with Gasteiger partial charge >= 0.3 is 0 Å². The molecule has 2 aromatic heterocycles. The summed E-state index contributed by atoms with van der Waals surface area (Å²) >= 11 is 0. The highest BCUT2D eigenvalue weighted by Crippen LogP contribution is 2.26. The van der Waals surface area contributed by atoms with Gasteiger partial charge in [0, 0.05) is 18.8 Å². The molecule has 4 heteroatoms. The van der Waals surface area contributed by atoms with Crippen molar-refractivity contribution in [1.82, 2.24) is 14.7 Å². The number of imidazole rings is 1. The van der Waals surface area contributed by atoms with E-state index in [4.69, 9.17) is 0 Å². The average Bonchev–Trinajstić information content (AvgIpc) is 2.80. The van der Waals surface area contributed by atoms with Crippen molar-refractivity contribution < 1.29 is 0 Å². The predicted molar refractivity (Wildman–Crippen MR) is 62.5 cm³/mol. The highest BCUT2D eigenvalue weighted by atomic mass is 35.5. The molecule has 1 N–H and O–H groups in total. The minimum Gasteiger partial charge on any atom is -0.309 e. The van der Waals surface area contributed by atoms with Crippen LogP contribution in [0.3, 0.4) is 0 Å². The van der Waals surface area contributed by atoms with E-state index in [1.807, 2.05) is 12.5 Å². The molecule has 1 aliphatic heterocycles. The number of fused-ring (bicyclic) bond motifs is 3. The number of rotatable bonds is 0. The highest BCUT2D eigenvalue weighted by Gasteiger charge is 2.18. The van der Waals surface area contributed by atoms with Crippen LogP contribution in [0.1, 0.15) is 22.4 Å². The molecule has 3 rings (SSSR count). The van der Waals surface area contributed by atoms with Crippen LogP contribution < -0.4 is 5.32 Å². The molecule has 1 aliphatic rings. The van der Waals surface area contributed by atoms with Crippen molar-refractivity contribution in [3.8, 4) is 0 Å². The molecular weight excluding hydrogens is 210 g/mol. The molecular formula is C11H14ClN3. The Hall–Kier alpha value is -1.06. The first-order valence-corrected chi connectivity index (χ1v) is 4.92. The van der Waals surface area contributed by atoms with E-state index in [0.717, 1.165) is 13.1 Å². The monoisotopic (exact) mass is 223 g/mol. The number of halogens is 1. The van der Waals surface area contributed by atoms with Crippen LogP contribution >= 0.6 is 12.4 Å². The van der Waals surface area contributed by atoms with E-state index in [9.17, 15) is 0 Å². The normalized spacial score (nSPS) is 14.0. The maximum atomic E-state index is 4.22. The van der Waals surface area contributed by atoms with Gasteiger partial charge in [-0.2, -0.15) is 0 Å². The van der Waals surface area contributed by atoms with Crippen molar-refractivity contribution in [3.63, 3.8) is 0 Å². The molecule has 0 atom stereocenters. The molecule has 0 bridgehead atoms. The summed E-state index contributed by atoms with van der Waals surface area (Å²) in [4.78, 5) is 4.22.